The first kappa shape index (κ1) is 28.0. The van der Waals surface area contributed by atoms with Crippen LogP contribution in [-0.4, -0.2) is 74.4 Å². The van der Waals surface area contributed by atoms with E-state index in [0.29, 0.717) is 43.5 Å². The zero-order valence-corrected chi connectivity index (χ0v) is 23.4. The second-order valence-corrected chi connectivity index (χ2v) is 11.1. The predicted octanol–water partition coefficient (Wildman–Crippen LogP) is 4.71. The molecule has 0 saturated carbocycles. The fourth-order valence-electron chi connectivity index (χ4n) is 3.97. The molecule has 196 valence electrons. The minimum Gasteiger partial charge on any atom is -0.494 e. The predicted molar refractivity (Wildman–Crippen MR) is 147 cm³/mol. The molecule has 3 aromatic rings. The summed E-state index contributed by atoms with van der Waals surface area (Å²) >= 11 is 1.45. The number of carbonyl (C=O) groups excluding carboxylic acids is 1. The molecule has 1 aromatic heterocycles. The van der Waals surface area contributed by atoms with Gasteiger partial charge in [-0.3, -0.25) is 9.69 Å². The molecule has 0 spiro atoms. The van der Waals surface area contributed by atoms with Crippen LogP contribution in [0.1, 0.15) is 45.0 Å². The topological polar surface area (TPSA) is 83.0 Å². The van der Waals surface area contributed by atoms with E-state index in [1.54, 1.807) is 17.0 Å². The molecule has 1 heterocycles. The summed E-state index contributed by atoms with van der Waals surface area (Å²) in [7, 11) is -3.59. The number of ether oxygens (including phenoxy) is 1. The third kappa shape index (κ3) is 6.23. The van der Waals surface area contributed by atoms with Crippen LogP contribution in [0.15, 0.2) is 47.4 Å². The van der Waals surface area contributed by atoms with E-state index < -0.39 is 10.0 Å². The lowest BCUT2D eigenvalue weighted by Crippen LogP contribution is -2.39. The van der Waals surface area contributed by atoms with Crippen molar-refractivity contribution in [3.05, 3.63) is 48.0 Å². The molecule has 0 bridgehead atoms. The van der Waals surface area contributed by atoms with E-state index in [9.17, 15) is 13.2 Å². The lowest BCUT2D eigenvalue weighted by Gasteiger charge is -2.25. The van der Waals surface area contributed by atoms with Crippen molar-refractivity contribution in [2.45, 2.75) is 39.5 Å². The number of hydrogen-bond acceptors (Lipinski definition) is 7. The van der Waals surface area contributed by atoms with Gasteiger partial charge in [-0.1, -0.05) is 39.0 Å². The largest absolute Gasteiger partial charge is 0.494 e. The Morgan fingerprint density at radius 1 is 0.917 bits per heavy atom. The molecule has 0 atom stereocenters. The first-order valence-corrected chi connectivity index (χ1v) is 14.7. The van der Waals surface area contributed by atoms with Gasteiger partial charge in [-0.2, -0.15) is 4.31 Å². The maximum atomic E-state index is 13.7. The van der Waals surface area contributed by atoms with E-state index in [1.165, 1.54) is 27.8 Å². The number of rotatable bonds is 13. The Morgan fingerprint density at radius 3 is 2.17 bits per heavy atom. The Hall–Kier alpha value is -2.53. The first-order valence-electron chi connectivity index (χ1n) is 12.5. The molecule has 10 heteroatoms. The molecule has 0 saturated heterocycles. The van der Waals surface area contributed by atoms with Crippen LogP contribution in [0.4, 0.5) is 5.13 Å². The molecule has 0 unspecified atom stereocenters. The van der Waals surface area contributed by atoms with Crippen molar-refractivity contribution in [3.8, 4) is 5.75 Å². The summed E-state index contributed by atoms with van der Waals surface area (Å²) in [4.78, 5) is 22.5. The molecule has 36 heavy (non-hydrogen) atoms. The van der Waals surface area contributed by atoms with Gasteiger partial charge in [0.1, 0.15) is 5.75 Å². The molecule has 0 aliphatic heterocycles. The molecule has 0 aliphatic rings. The molecule has 0 radical (unpaired) electrons. The standard InChI is InChI=1S/C26H36N4O4S2/c1-6-28(7-2)17-18-30(26-27-23-16-13-21(34-10-5)19-24(23)35-26)25(31)20-11-14-22(15-12-20)36(32,33)29(8-3)9-4/h11-16,19H,6-10,17-18H2,1-5H3. The molecule has 0 N–H and O–H groups in total. The molecule has 2 aromatic carbocycles. The molecule has 0 aliphatic carbocycles. The Labute approximate surface area is 218 Å². The maximum absolute atomic E-state index is 13.7. The monoisotopic (exact) mass is 532 g/mol. The normalized spacial score (nSPS) is 12.0. The molecular weight excluding hydrogens is 496 g/mol. The van der Waals surface area contributed by atoms with E-state index in [1.807, 2.05) is 39.0 Å². The van der Waals surface area contributed by atoms with Gasteiger partial charge in [0.25, 0.3) is 5.91 Å². The number of fused-ring (bicyclic) bond motifs is 1. The number of amides is 1. The molecular formula is C26H36N4O4S2. The second-order valence-electron chi connectivity index (χ2n) is 8.16. The van der Waals surface area contributed by atoms with Crippen molar-refractivity contribution in [2.75, 3.05) is 50.8 Å². The van der Waals surface area contributed by atoms with Gasteiger partial charge in [0.15, 0.2) is 5.13 Å². The second kappa shape index (κ2) is 12.6. The number of sulfonamides is 1. The van der Waals surface area contributed by atoms with Gasteiger partial charge in [-0.25, -0.2) is 13.4 Å². The van der Waals surface area contributed by atoms with Crippen molar-refractivity contribution >= 4 is 42.6 Å². The number of nitrogens with zero attached hydrogens (tertiary/aromatic N) is 4. The van der Waals surface area contributed by atoms with E-state index in [0.717, 1.165) is 29.1 Å². The lowest BCUT2D eigenvalue weighted by molar-refractivity contribution is 0.0983. The van der Waals surface area contributed by atoms with Crippen LogP contribution in [0.25, 0.3) is 10.2 Å². The highest BCUT2D eigenvalue weighted by molar-refractivity contribution is 7.89. The van der Waals surface area contributed by atoms with Gasteiger partial charge in [-0.15, -0.1) is 0 Å². The van der Waals surface area contributed by atoms with Gasteiger partial charge < -0.3 is 9.64 Å². The van der Waals surface area contributed by atoms with E-state index in [-0.39, 0.29) is 10.8 Å². The number of hydrogen-bond donors (Lipinski definition) is 0. The van der Waals surface area contributed by atoms with Crippen molar-refractivity contribution in [1.82, 2.24) is 14.2 Å². The Kier molecular flexibility index (Phi) is 9.84. The average molecular weight is 533 g/mol. The van der Waals surface area contributed by atoms with Crippen LogP contribution in [0.3, 0.4) is 0 Å². The van der Waals surface area contributed by atoms with E-state index in [4.69, 9.17) is 9.72 Å². The van der Waals surface area contributed by atoms with E-state index >= 15 is 0 Å². The summed E-state index contributed by atoms with van der Waals surface area (Å²) in [6, 6.07) is 11.9. The van der Waals surface area contributed by atoms with Gasteiger partial charge >= 0.3 is 0 Å². The quantitative estimate of drug-likeness (QED) is 0.317. The van der Waals surface area contributed by atoms with Crippen LogP contribution in [0, 0.1) is 0 Å². The first-order chi connectivity index (χ1) is 17.3. The van der Waals surface area contributed by atoms with Crippen LogP contribution in [-0.2, 0) is 10.0 Å². The Balaban J connectivity index is 1.94. The zero-order chi connectivity index (χ0) is 26.3. The highest BCUT2D eigenvalue weighted by Crippen LogP contribution is 2.32. The van der Waals surface area contributed by atoms with Gasteiger partial charge in [-0.05, 0) is 62.5 Å². The SMILES string of the molecule is CCOc1ccc2nc(N(CCN(CC)CC)C(=O)c3ccc(S(=O)(=O)N(CC)CC)cc3)sc2c1. The third-order valence-corrected chi connectivity index (χ3v) is 9.22. The Morgan fingerprint density at radius 2 is 1.58 bits per heavy atom. The van der Waals surface area contributed by atoms with Crippen molar-refractivity contribution < 1.29 is 17.9 Å². The van der Waals surface area contributed by atoms with Crippen molar-refractivity contribution in [1.29, 1.82) is 0 Å². The maximum Gasteiger partial charge on any atom is 0.260 e. The third-order valence-electron chi connectivity index (χ3n) is 6.11. The number of likely N-dealkylation sites (N-methyl/N-ethyl adjacent to an activating group) is 1. The van der Waals surface area contributed by atoms with Gasteiger partial charge in [0.05, 0.1) is 21.7 Å². The molecule has 0 fully saturated rings. The minimum atomic E-state index is -3.59. The van der Waals surface area contributed by atoms with Gasteiger partial charge in [0, 0.05) is 31.7 Å². The molecule has 8 nitrogen and oxygen atoms in total. The minimum absolute atomic E-state index is 0.181. The van der Waals surface area contributed by atoms with Crippen LogP contribution < -0.4 is 9.64 Å². The fraction of sp³-hybridized carbons (Fsp3) is 0.462. The summed E-state index contributed by atoms with van der Waals surface area (Å²) in [6.07, 6.45) is 0. The molecule has 3 rings (SSSR count). The van der Waals surface area contributed by atoms with Crippen molar-refractivity contribution in [3.63, 3.8) is 0 Å². The van der Waals surface area contributed by atoms with Crippen molar-refractivity contribution in [2.24, 2.45) is 0 Å². The van der Waals surface area contributed by atoms with Gasteiger partial charge in [0.2, 0.25) is 10.0 Å². The molecule has 1 amide bonds. The number of anilines is 1. The lowest BCUT2D eigenvalue weighted by atomic mass is 10.2. The number of carbonyl (C=O) groups is 1. The average Bonchev–Trinajstić information content (AvgIpc) is 3.30. The smallest absolute Gasteiger partial charge is 0.260 e. The Bertz CT molecular complexity index is 1250. The summed E-state index contributed by atoms with van der Waals surface area (Å²) in [5.74, 6) is 0.559. The van der Waals surface area contributed by atoms with Crippen LogP contribution >= 0.6 is 11.3 Å². The fourth-order valence-corrected chi connectivity index (χ4v) is 6.44. The highest BCUT2D eigenvalue weighted by Gasteiger charge is 2.25. The summed E-state index contributed by atoms with van der Waals surface area (Å²) < 4.78 is 33.7. The van der Waals surface area contributed by atoms with Crippen LogP contribution in [0.5, 0.6) is 5.75 Å². The van der Waals surface area contributed by atoms with E-state index in [2.05, 4.69) is 18.7 Å². The highest BCUT2D eigenvalue weighted by atomic mass is 32.2. The number of aromatic nitrogens is 1. The number of thiazole rings is 1. The summed E-state index contributed by atoms with van der Waals surface area (Å²) in [5, 5.41) is 0.607. The number of benzene rings is 2. The summed E-state index contributed by atoms with van der Waals surface area (Å²) in [6.45, 7) is 14.0. The zero-order valence-electron chi connectivity index (χ0n) is 21.7. The van der Waals surface area contributed by atoms with Crippen LogP contribution in [0.2, 0.25) is 0 Å². The summed E-state index contributed by atoms with van der Waals surface area (Å²) in [5.41, 5.74) is 1.22.